The topological polar surface area (TPSA) is 69.3 Å². The molecule has 1 aromatic heterocycles. The molecule has 7 heteroatoms. The number of imidazole rings is 1. The molecule has 2 fully saturated rings. The van der Waals surface area contributed by atoms with Gasteiger partial charge in [-0.25, -0.2) is 4.98 Å². The van der Waals surface area contributed by atoms with Crippen molar-refractivity contribution in [1.29, 1.82) is 5.26 Å². The number of rotatable bonds is 1. The highest BCUT2D eigenvalue weighted by Gasteiger charge is 2.54. The maximum atomic E-state index is 8.97. The third-order valence-corrected chi connectivity index (χ3v) is 4.44. The van der Waals surface area contributed by atoms with Gasteiger partial charge in [0, 0.05) is 0 Å². The zero-order valence-corrected chi connectivity index (χ0v) is 13.0. The number of hydrogen-bond acceptors (Lipinski definition) is 5. The highest BCUT2D eigenvalue weighted by molar-refractivity contribution is 14.1. The van der Waals surface area contributed by atoms with Crippen molar-refractivity contribution in [1.82, 2.24) is 9.55 Å². The van der Waals surface area contributed by atoms with Gasteiger partial charge in [0.25, 0.3) is 0 Å². The van der Waals surface area contributed by atoms with Crippen molar-refractivity contribution in [2.75, 3.05) is 0 Å². The van der Waals surface area contributed by atoms with Crippen LogP contribution in [-0.4, -0.2) is 33.7 Å². The van der Waals surface area contributed by atoms with Gasteiger partial charge in [0.05, 0.1) is 12.4 Å². The molecule has 0 radical (unpaired) electrons. The minimum atomic E-state index is -0.601. The Morgan fingerprint density at radius 3 is 2.74 bits per heavy atom. The minimum Gasteiger partial charge on any atom is -0.349 e. The van der Waals surface area contributed by atoms with Crippen molar-refractivity contribution >= 4 is 22.6 Å². The minimum absolute atomic E-state index is 0.0551. The SMILES string of the molecule is C[C@H]1O[C@@H](n2cnc(C#N)c2I)[C@@H]2OC(C)(C)O[C@@H]21. The van der Waals surface area contributed by atoms with E-state index in [9.17, 15) is 0 Å². The van der Waals surface area contributed by atoms with Crippen molar-refractivity contribution in [3.05, 3.63) is 15.7 Å². The summed E-state index contributed by atoms with van der Waals surface area (Å²) in [5, 5.41) is 8.97. The van der Waals surface area contributed by atoms with Crippen molar-refractivity contribution in [2.45, 2.75) is 51.1 Å². The Bertz CT molecular complexity index is 551. The first-order valence-corrected chi connectivity index (χ1v) is 7.14. The second-order valence-corrected chi connectivity index (χ2v) is 6.22. The average Bonchev–Trinajstić information content (AvgIpc) is 2.93. The summed E-state index contributed by atoms with van der Waals surface area (Å²) in [7, 11) is 0. The van der Waals surface area contributed by atoms with Crippen LogP contribution in [-0.2, 0) is 14.2 Å². The molecule has 3 rings (SSSR count). The predicted octanol–water partition coefficient (Wildman–Crippen LogP) is 1.80. The Hall–Kier alpha value is -0.690. The highest BCUT2D eigenvalue weighted by atomic mass is 127. The molecule has 2 aliphatic heterocycles. The fourth-order valence-corrected chi connectivity index (χ4v) is 3.26. The lowest BCUT2D eigenvalue weighted by Crippen LogP contribution is -2.28. The van der Waals surface area contributed by atoms with Crippen LogP contribution in [0.15, 0.2) is 6.33 Å². The second-order valence-electron chi connectivity index (χ2n) is 5.20. The molecule has 2 saturated heterocycles. The number of nitriles is 1. The Balaban J connectivity index is 1.94. The zero-order chi connectivity index (χ0) is 13.8. The third-order valence-electron chi connectivity index (χ3n) is 3.37. The maximum absolute atomic E-state index is 8.97. The summed E-state index contributed by atoms with van der Waals surface area (Å²) in [5.41, 5.74) is 0.401. The fourth-order valence-electron chi connectivity index (χ4n) is 2.60. The number of hydrogen-bond donors (Lipinski definition) is 0. The van der Waals surface area contributed by atoms with Gasteiger partial charge >= 0.3 is 0 Å². The van der Waals surface area contributed by atoms with Crippen LogP contribution in [0, 0.1) is 15.0 Å². The van der Waals surface area contributed by atoms with Crippen molar-refractivity contribution in [2.24, 2.45) is 0 Å². The Morgan fingerprint density at radius 1 is 1.42 bits per heavy atom. The normalized spacial score (nSPS) is 36.2. The van der Waals surface area contributed by atoms with Crippen molar-refractivity contribution in [3.8, 4) is 6.07 Å². The standard InChI is InChI=1S/C12H14IN3O3/c1-6-8-9(19-12(2,3)18-8)11(17-6)16-5-15-7(4-14)10(16)13/h5-6,8-9,11H,1-3H3/t6-,8-,9-,11-/m1/s1. The predicted molar refractivity (Wildman–Crippen MR) is 73.1 cm³/mol. The van der Waals surface area contributed by atoms with E-state index < -0.39 is 5.79 Å². The molecule has 19 heavy (non-hydrogen) atoms. The highest BCUT2D eigenvalue weighted by Crippen LogP contribution is 2.43. The molecule has 0 spiro atoms. The lowest BCUT2D eigenvalue weighted by molar-refractivity contribution is -0.194. The number of ether oxygens (including phenoxy) is 3. The summed E-state index contributed by atoms with van der Waals surface area (Å²) >= 11 is 2.10. The van der Waals surface area contributed by atoms with Gasteiger partial charge in [-0.15, -0.1) is 0 Å². The lowest BCUT2D eigenvalue weighted by atomic mass is 10.1. The van der Waals surface area contributed by atoms with Crippen LogP contribution in [0.1, 0.15) is 32.7 Å². The quantitative estimate of drug-likeness (QED) is 0.701. The Kier molecular flexibility index (Phi) is 3.09. The molecule has 0 saturated carbocycles. The van der Waals surface area contributed by atoms with E-state index in [2.05, 4.69) is 33.6 Å². The molecule has 102 valence electrons. The van der Waals surface area contributed by atoms with E-state index in [0.29, 0.717) is 5.69 Å². The molecule has 0 aliphatic carbocycles. The monoisotopic (exact) mass is 375 g/mol. The zero-order valence-electron chi connectivity index (χ0n) is 10.8. The molecule has 2 aliphatic rings. The van der Waals surface area contributed by atoms with E-state index in [-0.39, 0.29) is 24.5 Å². The molecular weight excluding hydrogens is 361 g/mol. The molecule has 6 nitrogen and oxygen atoms in total. The molecule has 1 aromatic rings. The second kappa shape index (κ2) is 4.41. The summed E-state index contributed by atoms with van der Waals surface area (Å²) in [6.07, 6.45) is 0.987. The number of nitrogens with zero attached hydrogens (tertiary/aromatic N) is 3. The summed E-state index contributed by atoms with van der Waals surface area (Å²) in [5.74, 6) is -0.601. The molecule has 0 unspecified atom stereocenters. The summed E-state index contributed by atoms with van der Waals surface area (Å²) in [4.78, 5) is 4.07. The van der Waals surface area contributed by atoms with E-state index in [1.165, 1.54) is 0 Å². The first kappa shape index (κ1) is 13.3. The van der Waals surface area contributed by atoms with Gasteiger partial charge in [-0.05, 0) is 43.4 Å². The van der Waals surface area contributed by atoms with E-state index in [0.717, 1.165) is 3.70 Å². The van der Waals surface area contributed by atoms with E-state index >= 15 is 0 Å². The molecule has 3 heterocycles. The van der Waals surface area contributed by atoms with Gasteiger partial charge in [-0.3, -0.25) is 4.57 Å². The average molecular weight is 375 g/mol. The van der Waals surface area contributed by atoms with Gasteiger partial charge in [-0.1, -0.05) is 0 Å². The van der Waals surface area contributed by atoms with Crippen LogP contribution in [0.4, 0.5) is 0 Å². The van der Waals surface area contributed by atoms with Gasteiger partial charge in [0.2, 0.25) is 0 Å². The van der Waals surface area contributed by atoms with Gasteiger partial charge < -0.3 is 14.2 Å². The number of fused-ring (bicyclic) bond motifs is 1. The van der Waals surface area contributed by atoms with Crippen molar-refractivity contribution in [3.63, 3.8) is 0 Å². The van der Waals surface area contributed by atoms with Crippen LogP contribution >= 0.6 is 22.6 Å². The van der Waals surface area contributed by atoms with Crippen molar-refractivity contribution < 1.29 is 14.2 Å². The summed E-state index contributed by atoms with van der Waals surface area (Å²) in [6, 6.07) is 2.06. The van der Waals surface area contributed by atoms with Crippen LogP contribution in [0.2, 0.25) is 0 Å². The first-order chi connectivity index (χ1) is 8.93. The van der Waals surface area contributed by atoms with Gasteiger partial charge in [0.1, 0.15) is 22.0 Å². The largest absolute Gasteiger partial charge is 0.349 e. The fraction of sp³-hybridized carbons (Fsp3) is 0.667. The van der Waals surface area contributed by atoms with Crippen LogP contribution in [0.25, 0.3) is 0 Å². The molecular formula is C12H14IN3O3. The lowest BCUT2D eigenvalue weighted by Gasteiger charge is -2.24. The third kappa shape index (κ3) is 2.07. The first-order valence-electron chi connectivity index (χ1n) is 6.06. The molecule has 4 atom stereocenters. The van der Waals surface area contributed by atoms with Crippen LogP contribution in [0.5, 0.6) is 0 Å². The van der Waals surface area contributed by atoms with E-state index in [4.69, 9.17) is 19.5 Å². The maximum Gasteiger partial charge on any atom is 0.172 e. The smallest absolute Gasteiger partial charge is 0.172 e. The van der Waals surface area contributed by atoms with E-state index in [1.54, 1.807) is 6.33 Å². The van der Waals surface area contributed by atoms with Gasteiger partial charge in [0.15, 0.2) is 17.7 Å². The Labute approximate surface area is 124 Å². The molecule has 0 aromatic carbocycles. The molecule has 0 amide bonds. The number of halogens is 1. The summed E-state index contributed by atoms with van der Waals surface area (Å²) < 4.78 is 20.3. The van der Waals surface area contributed by atoms with Crippen LogP contribution < -0.4 is 0 Å². The van der Waals surface area contributed by atoms with E-state index in [1.807, 2.05) is 25.3 Å². The van der Waals surface area contributed by atoms with Crippen LogP contribution in [0.3, 0.4) is 0 Å². The molecule has 0 N–H and O–H groups in total. The molecule has 0 bridgehead atoms. The Morgan fingerprint density at radius 2 is 2.11 bits per heavy atom. The summed E-state index contributed by atoms with van der Waals surface area (Å²) in [6.45, 7) is 5.76. The van der Waals surface area contributed by atoms with Gasteiger partial charge in [-0.2, -0.15) is 5.26 Å². The number of aromatic nitrogens is 2.